The Balaban J connectivity index is 1.85. The molecule has 4 nitrogen and oxygen atoms in total. The molecule has 0 aromatic heterocycles. The van der Waals surface area contributed by atoms with Crippen molar-refractivity contribution in [2.24, 2.45) is 5.92 Å². The molecule has 0 aliphatic carbocycles. The smallest absolute Gasteiger partial charge is 0.264 e. The van der Waals surface area contributed by atoms with Crippen LogP contribution >= 0.6 is 15.9 Å². The number of halogens is 1. The van der Waals surface area contributed by atoms with E-state index < -0.39 is 6.10 Å². The molecular weight excluding hydrogens is 334 g/mol. The van der Waals surface area contributed by atoms with Crippen LogP contribution in [-0.4, -0.2) is 30.0 Å². The van der Waals surface area contributed by atoms with Crippen molar-refractivity contribution in [2.45, 2.75) is 37.6 Å². The van der Waals surface area contributed by atoms with Crippen molar-refractivity contribution >= 4 is 21.8 Å². The normalized spacial score (nSPS) is 18.4. The highest BCUT2D eigenvalue weighted by atomic mass is 79.9. The van der Waals surface area contributed by atoms with E-state index in [-0.39, 0.29) is 17.3 Å². The number of fused-ring (bicyclic) bond motifs is 1. The molecule has 2 unspecified atom stereocenters. The van der Waals surface area contributed by atoms with E-state index in [0.717, 1.165) is 12.8 Å². The quantitative estimate of drug-likeness (QED) is 0.797. The Morgan fingerprint density at radius 3 is 2.67 bits per heavy atom. The number of hydrogen-bond acceptors (Lipinski definition) is 3. The van der Waals surface area contributed by atoms with Gasteiger partial charge in [-0.2, -0.15) is 0 Å². The van der Waals surface area contributed by atoms with E-state index in [9.17, 15) is 4.79 Å². The van der Waals surface area contributed by atoms with E-state index in [4.69, 9.17) is 9.47 Å². The highest BCUT2D eigenvalue weighted by molar-refractivity contribution is 9.09. The minimum Gasteiger partial charge on any atom is -0.485 e. The van der Waals surface area contributed by atoms with Gasteiger partial charge in [0.05, 0.1) is 0 Å². The first-order valence-corrected chi connectivity index (χ1v) is 8.37. The van der Waals surface area contributed by atoms with Gasteiger partial charge in [-0.25, -0.2) is 0 Å². The van der Waals surface area contributed by atoms with Gasteiger partial charge < -0.3 is 14.8 Å². The lowest BCUT2D eigenvalue weighted by Gasteiger charge is -2.26. The highest BCUT2D eigenvalue weighted by Gasteiger charge is 2.27. The van der Waals surface area contributed by atoms with Crippen molar-refractivity contribution < 1.29 is 14.3 Å². The average molecular weight is 356 g/mol. The minimum absolute atomic E-state index is 0.125. The van der Waals surface area contributed by atoms with Crippen LogP contribution in [0.25, 0.3) is 0 Å². The Hall–Kier alpha value is -1.23. The monoisotopic (exact) mass is 355 g/mol. The molecule has 1 aromatic carbocycles. The molecular formula is C16H22BrNO3. The molecule has 2 atom stereocenters. The molecule has 0 spiro atoms. The van der Waals surface area contributed by atoms with Gasteiger partial charge in [-0.15, -0.1) is 0 Å². The van der Waals surface area contributed by atoms with E-state index in [1.54, 1.807) is 0 Å². The van der Waals surface area contributed by atoms with Gasteiger partial charge in [0.25, 0.3) is 5.91 Å². The lowest BCUT2D eigenvalue weighted by atomic mass is 9.99. The Morgan fingerprint density at radius 2 is 2.00 bits per heavy atom. The molecule has 0 saturated heterocycles. The van der Waals surface area contributed by atoms with Crippen molar-refractivity contribution in [1.29, 1.82) is 0 Å². The van der Waals surface area contributed by atoms with E-state index >= 15 is 0 Å². The molecule has 1 amide bonds. The van der Waals surface area contributed by atoms with Gasteiger partial charge in [0.15, 0.2) is 11.5 Å². The standard InChI is InChI=1S/C16H22BrNO3/c1-3-11(4-2)12(17)9-18-16(19)15-10-20-13-7-5-6-8-14(13)21-15/h5-8,11-12,15H,3-4,9-10H2,1-2H3,(H,18,19). The Morgan fingerprint density at radius 1 is 1.33 bits per heavy atom. The maximum atomic E-state index is 12.2. The zero-order valence-corrected chi connectivity index (χ0v) is 14.1. The largest absolute Gasteiger partial charge is 0.485 e. The van der Waals surface area contributed by atoms with Gasteiger partial charge in [-0.3, -0.25) is 4.79 Å². The summed E-state index contributed by atoms with van der Waals surface area (Å²) in [4.78, 5) is 12.5. The van der Waals surface area contributed by atoms with Crippen LogP contribution in [0.2, 0.25) is 0 Å². The van der Waals surface area contributed by atoms with Crippen LogP contribution in [0.1, 0.15) is 26.7 Å². The number of nitrogens with one attached hydrogen (secondary N) is 1. The van der Waals surface area contributed by atoms with Gasteiger partial charge in [-0.1, -0.05) is 54.8 Å². The molecule has 0 bridgehead atoms. The minimum atomic E-state index is -0.582. The van der Waals surface area contributed by atoms with Gasteiger partial charge in [0.2, 0.25) is 6.10 Å². The molecule has 5 heteroatoms. The zero-order valence-electron chi connectivity index (χ0n) is 12.5. The average Bonchev–Trinajstić information content (AvgIpc) is 2.53. The Labute approximate surface area is 134 Å². The first kappa shape index (κ1) is 16.1. The summed E-state index contributed by atoms with van der Waals surface area (Å²) >= 11 is 3.66. The number of amides is 1. The molecule has 0 radical (unpaired) electrons. The molecule has 1 aliphatic heterocycles. The second-order valence-corrected chi connectivity index (χ2v) is 6.38. The van der Waals surface area contributed by atoms with Gasteiger partial charge in [0.1, 0.15) is 6.61 Å². The number of rotatable bonds is 6. The zero-order chi connectivity index (χ0) is 15.2. The SMILES string of the molecule is CCC(CC)C(Br)CNC(=O)C1COc2ccccc2O1. The van der Waals surface area contributed by atoms with Gasteiger partial charge in [0, 0.05) is 11.4 Å². The number of carbonyl (C=O) groups excluding carboxylic acids is 1. The van der Waals surface area contributed by atoms with Gasteiger partial charge >= 0.3 is 0 Å². The van der Waals surface area contributed by atoms with Crippen LogP contribution in [0, 0.1) is 5.92 Å². The fraction of sp³-hybridized carbons (Fsp3) is 0.562. The molecule has 1 N–H and O–H groups in total. The molecule has 1 aromatic rings. The highest BCUT2D eigenvalue weighted by Crippen LogP contribution is 2.30. The summed E-state index contributed by atoms with van der Waals surface area (Å²) in [5, 5.41) is 2.94. The van der Waals surface area contributed by atoms with E-state index in [1.807, 2.05) is 24.3 Å². The lowest BCUT2D eigenvalue weighted by Crippen LogP contribution is -2.46. The summed E-state index contributed by atoms with van der Waals surface area (Å²) in [5.41, 5.74) is 0. The van der Waals surface area contributed by atoms with Crippen molar-refractivity contribution in [3.63, 3.8) is 0 Å². The summed E-state index contributed by atoms with van der Waals surface area (Å²) in [5.74, 6) is 1.76. The third-order valence-corrected chi connectivity index (χ3v) is 4.90. The summed E-state index contributed by atoms with van der Waals surface area (Å²) in [6.45, 7) is 5.19. The lowest BCUT2D eigenvalue weighted by molar-refractivity contribution is -0.130. The number of para-hydroxylation sites is 2. The van der Waals surface area contributed by atoms with Crippen LogP contribution in [0.15, 0.2) is 24.3 Å². The number of hydrogen-bond donors (Lipinski definition) is 1. The second kappa shape index (κ2) is 7.69. The predicted octanol–water partition coefficient (Wildman–Crippen LogP) is 3.14. The molecule has 1 aliphatic rings. The third kappa shape index (κ3) is 4.13. The van der Waals surface area contributed by atoms with Crippen LogP contribution in [0.4, 0.5) is 0 Å². The summed E-state index contributed by atoms with van der Waals surface area (Å²) in [6.07, 6.45) is 1.61. The molecule has 0 saturated carbocycles. The van der Waals surface area contributed by atoms with Crippen LogP contribution < -0.4 is 14.8 Å². The van der Waals surface area contributed by atoms with Crippen molar-refractivity contribution in [1.82, 2.24) is 5.32 Å². The van der Waals surface area contributed by atoms with Crippen LogP contribution in [0.3, 0.4) is 0 Å². The molecule has 116 valence electrons. The maximum Gasteiger partial charge on any atom is 0.264 e. The Kier molecular flexibility index (Phi) is 5.91. The van der Waals surface area contributed by atoms with E-state index in [1.165, 1.54) is 0 Å². The van der Waals surface area contributed by atoms with Crippen molar-refractivity contribution in [3.8, 4) is 11.5 Å². The third-order valence-electron chi connectivity index (χ3n) is 3.83. The number of carbonyl (C=O) groups is 1. The fourth-order valence-corrected chi connectivity index (χ4v) is 3.34. The topological polar surface area (TPSA) is 47.6 Å². The van der Waals surface area contributed by atoms with Crippen LogP contribution in [0.5, 0.6) is 11.5 Å². The number of ether oxygens (including phenoxy) is 2. The van der Waals surface area contributed by atoms with Crippen LogP contribution in [-0.2, 0) is 4.79 Å². The second-order valence-electron chi connectivity index (χ2n) is 5.20. The summed E-state index contributed by atoms with van der Waals surface area (Å²) in [7, 11) is 0. The maximum absolute atomic E-state index is 12.2. The summed E-state index contributed by atoms with van der Waals surface area (Å²) < 4.78 is 11.2. The van der Waals surface area contributed by atoms with Gasteiger partial charge in [-0.05, 0) is 18.1 Å². The molecule has 21 heavy (non-hydrogen) atoms. The van der Waals surface area contributed by atoms with Crippen molar-refractivity contribution in [3.05, 3.63) is 24.3 Å². The van der Waals surface area contributed by atoms with E-state index in [2.05, 4.69) is 35.1 Å². The first-order valence-electron chi connectivity index (χ1n) is 7.46. The van der Waals surface area contributed by atoms with E-state index in [0.29, 0.717) is 24.0 Å². The Bertz CT molecular complexity index is 476. The fourth-order valence-electron chi connectivity index (χ4n) is 2.43. The number of alkyl halides is 1. The summed E-state index contributed by atoms with van der Waals surface area (Å²) in [6, 6.07) is 7.40. The first-order chi connectivity index (χ1) is 10.2. The molecule has 0 fully saturated rings. The molecule has 1 heterocycles. The molecule has 2 rings (SSSR count). The predicted molar refractivity (Wildman–Crippen MR) is 86.1 cm³/mol. The van der Waals surface area contributed by atoms with Crippen molar-refractivity contribution in [2.75, 3.05) is 13.2 Å². The number of benzene rings is 1.